The second-order valence-electron chi connectivity index (χ2n) is 5.17. The SMILES string of the molecule is COc1ccc(C)cc1C(C)NC(C)C(C)C. The van der Waals surface area contributed by atoms with Crippen molar-refractivity contribution in [1.82, 2.24) is 5.32 Å². The molecule has 0 heterocycles. The molecular weight excluding hydrogens is 210 g/mol. The Kier molecular flexibility index (Phi) is 5.01. The number of methoxy groups -OCH3 is 1. The molecule has 0 aromatic heterocycles. The minimum absolute atomic E-state index is 0.308. The molecule has 96 valence electrons. The number of hydrogen-bond acceptors (Lipinski definition) is 2. The van der Waals surface area contributed by atoms with Crippen LogP contribution >= 0.6 is 0 Å². The molecule has 0 spiro atoms. The van der Waals surface area contributed by atoms with Crippen LogP contribution in [0.4, 0.5) is 0 Å². The van der Waals surface area contributed by atoms with Gasteiger partial charge in [-0.3, -0.25) is 0 Å². The summed E-state index contributed by atoms with van der Waals surface area (Å²) in [7, 11) is 1.73. The maximum absolute atomic E-state index is 5.42. The van der Waals surface area contributed by atoms with E-state index in [9.17, 15) is 0 Å². The van der Waals surface area contributed by atoms with Crippen molar-refractivity contribution in [1.29, 1.82) is 0 Å². The van der Waals surface area contributed by atoms with Crippen molar-refractivity contribution in [3.63, 3.8) is 0 Å². The van der Waals surface area contributed by atoms with Gasteiger partial charge in [0.05, 0.1) is 7.11 Å². The summed E-state index contributed by atoms with van der Waals surface area (Å²) >= 11 is 0. The molecule has 1 aromatic carbocycles. The fraction of sp³-hybridized carbons (Fsp3) is 0.600. The smallest absolute Gasteiger partial charge is 0.123 e. The first-order valence-corrected chi connectivity index (χ1v) is 6.36. The van der Waals surface area contributed by atoms with Gasteiger partial charge in [0.15, 0.2) is 0 Å². The molecule has 1 N–H and O–H groups in total. The molecule has 17 heavy (non-hydrogen) atoms. The summed E-state index contributed by atoms with van der Waals surface area (Å²) in [5.41, 5.74) is 2.51. The predicted molar refractivity (Wildman–Crippen MR) is 73.6 cm³/mol. The van der Waals surface area contributed by atoms with E-state index in [1.807, 2.05) is 6.07 Å². The standard InChI is InChI=1S/C15H25NO/c1-10(2)12(4)16-13(5)14-9-11(3)7-8-15(14)17-6/h7-10,12-13,16H,1-6H3. The Bertz CT molecular complexity index is 360. The molecule has 0 aliphatic heterocycles. The van der Waals surface area contributed by atoms with Crippen molar-refractivity contribution in [3.8, 4) is 5.75 Å². The minimum Gasteiger partial charge on any atom is -0.496 e. The van der Waals surface area contributed by atoms with Crippen molar-refractivity contribution in [2.75, 3.05) is 7.11 Å². The average molecular weight is 235 g/mol. The van der Waals surface area contributed by atoms with Crippen LogP contribution < -0.4 is 10.1 Å². The third-order valence-electron chi connectivity index (χ3n) is 3.36. The number of ether oxygens (including phenoxy) is 1. The van der Waals surface area contributed by atoms with E-state index < -0.39 is 0 Å². The first-order chi connectivity index (χ1) is 7.95. The molecule has 2 atom stereocenters. The fourth-order valence-electron chi connectivity index (χ4n) is 1.87. The van der Waals surface area contributed by atoms with Gasteiger partial charge in [0, 0.05) is 17.6 Å². The van der Waals surface area contributed by atoms with E-state index in [1.54, 1.807) is 7.11 Å². The van der Waals surface area contributed by atoms with Crippen LogP contribution in [0.25, 0.3) is 0 Å². The van der Waals surface area contributed by atoms with Gasteiger partial charge in [-0.1, -0.05) is 31.5 Å². The Morgan fingerprint density at radius 1 is 1.12 bits per heavy atom. The van der Waals surface area contributed by atoms with E-state index in [4.69, 9.17) is 4.74 Å². The van der Waals surface area contributed by atoms with E-state index >= 15 is 0 Å². The maximum Gasteiger partial charge on any atom is 0.123 e. The Hall–Kier alpha value is -1.02. The Labute approximate surface area is 105 Å². The van der Waals surface area contributed by atoms with Crippen LogP contribution in [0.3, 0.4) is 0 Å². The molecule has 0 saturated carbocycles. The highest BCUT2D eigenvalue weighted by atomic mass is 16.5. The Balaban J connectivity index is 2.87. The summed E-state index contributed by atoms with van der Waals surface area (Å²) in [4.78, 5) is 0. The zero-order chi connectivity index (χ0) is 13.0. The molecule has 0 aliphatic rings. The molecular formula is C15H25NO. The first-order valence-electron chi connectivity index (χ1n) is 6.36. The topological polar surface area (TPSA) is 21.3 Å². The number of benzene rings is 1. The van der Waals surface area contributed by atoms with Crippen molar-refractivity contribution in [2.24, 2.45) is 5.92 Å². The second kappa shape index (κ2) is 6.06. The van der Waals surface area contributed by atoms with Crippen molar-refractivity contribution >= 4 is 0 Å². The molecule has 0 bridgehead atoms. The molecule has 1 rings (SSSR count). The summed E-state index contributed by atoms with van der Waals surface area (Å²) in [5, 5.41) is 3.62. The van der Waals surface area contributed by atoms with Crippen LogP contribution in [0.5, 0.6) is 5.75 Å². The van der Waals surface area contributed by atoms with Crippen LogP contribution in [0.2, 0.25) is 0 Å². The molecule has 0 radical (unpaired) electrons. The van der Waals surface area contributed by atoms with Gasteiger partial charge in [0.25, 0.3) is 0 Å². The molecule has 0 fully saturated rings. The van der Waals surface area contributed by atoms with Gasteiger partial charge in [0.1, 0.15) is 5.75 Å². The van der Waals surface area contributed by atoms with Gasteiger partial charge >= 0.3 is 0 Å². The largest absolute Gasteiger partial charge is 0.496 e. The highest BCUT2D eigenvalue weighted by Gasteiger charge is 2.15. The summed E-state index contributed by atoms with van der Waals surface area (Å²) in [6.45, 7) is 11.0. The quantitative estimate of drug-likeness (QED) is 0.840. The monoisotopic (exact) mass is 235 g/mol. The van der Waals surface area contributed by atoms with E-state index in [0.717, 1.165) is 5.75 Å². The third-order valence-corrected chi connectivity index (χ3v) is 3.36. The van der Waals surface area contributed by atoms with Crippen molar-refractivity contribution < 1.29 is 4.74 Å². The zero-order valence-electron chi connectivity index (χ0n) is 11.9. The number of nitrogens with one attached hydrogen (secondary N) is 1. The van der Waals surface area contributed by atoms with Gasteiger partial charge in [0.2, 0.25) is 0 Å². The maximum atomic E-state index is 5.42. The second-order valence-corrected chi connectivity index (χ2v) is 5.17. The number of rotatable bonds is 5. The van der Waals surface area contributed by atoms with Crippen LogP contribution in [-0.2, 0) is 0 Å². The van der Waals surface area contributed by atoms with E-state index in [2.05, 4.69) is 52.1 Å². The minimum atomic E-state index is 0.308. The molecule has 2 nitrogen and oxygen atoms in total. The Morgan fingerprint density at radius 2 is 1.76 bits per heavy atom. The van der Waals surface area contributed by atoms with Gasteiger partial charge in [-0.15, -0.1) is 0 Å². The summed E-state index contributed by atoms with van der Waals surface area (Å²) in [5.74, 6) is 1.60. The number of hydrogen-bond donors (Lipinski definition) is 1. The third kappa shape index (κ3) is 3.74. The van der Waals surface area contributed by atoms with E-state index in [1.165, 1.54) is 11.1 Å². The highest BCUT2D eigenvalue weighted by molar-refractivity contribution is 5.38. The van der Waals surface area contributed by atoms with Gasteiger partial charge < -0.3 is 10.1 Å². The molecule has 2 heteroatoms. The van der Waals surface area contributed by atoms with Crippen LogP contribution in [0.15, 0.2) is 18.2 Å². The van der Waals surface area contributed by atoms with E-state index in [0.29, 0.717) is 18.0 Å². The van der Waals surface area contributed by atoms with Gasteiger partial charge in [-0.25, -0.2) is 0 Å². The zero-order valence-corrected chi connectivity index (χ0v) is 11.9. The normalized spacial score (nSPS) is 14.8. The lowest BCUT2D eigenvalue weighted by Gasteiger charge is -2.24. The molecule has 1 aromatic rings. The van der Waals surface area contributed by atoms with Crippen molar-refractivity contribution in [3.05, 3.63) is 29.3 Å². The average Bonchev–Trinajstić information content (AvgIpc) is 2.28. The van der Waals surface area contributed by atoms with Crippen LogP contribution in [0.1, 0.15) is 44.9 Å². The van der Waals surface area contributed by atoms with Crippen molar-refractivity contribution in [2.45, 2.75) is 46.7 Å². The molecule has 0 aliphatic carbocycles. The lowest BCUT2D eigenvalue weighted by molar-refractivity contribution is 0.369. The molecule has 2 unspecified atom stereocenters. The molecule has 0 amide bonds. The predicted octanol–water partition coefficient (Wildman–Crippen LogP) is 3.70. The highest BCUT2D eigenvalue weighted by Crippen LogP contribution is 2.26. The summed E-state index contributed by atoms with van der Waals surface area (Å²) < 4.78 is 5.42. The van der Waals surface area contributed by atoms with E-state index in [-0.39, 0.29) is 0 Å². The van der Waals surface area contributed by atoms with Gasteiger partial charge in [-0.2, -0.15) is 0 Å². The summed E-state index contributed by atoms with van der Waals surface area (Å²) in [6.07, 6.45) is 0. The lowest BCUT2D eigenvalue weighted by atomic mass is 10.0. The lowest BCUT2D eigenvalue weighted by Crippen LogP contribution is -2.33. The fourth-order valence-corrected chi connectivity index (χ4v) is 1.87. The molecule has 0 saturated heterocycles. The first kappa shape index (κ1) is 14.0. The van der Waals surface area contributed by atoms with Crippen LogP contribution in [0, 0.1) is 12.8 Å². The number of aryl methyl sites for hydroxylation is 1. The summed E-state index contributed by atoms with van der Waals surface area (Å²) in [6, 6.07) is 7.13. The Morgan fingerprint density at radius 3 is 2.29 bits per heavy atom. The van der Waals surface area contributed by atoms with Gasteiger partial charge in [-0.05, 0) is 32.8 Å². The van der Waals surface area contributed by atoms with Crippen LogP contribution in [-0.4, -0.2) is 13.2 Å².